The van der Waals surface area contributed by atoms with Crippen molar-refractivity contribution in [1.29, 1.82) is 0 Å². The number of amides is 1. The monoisotopic (exact) mass is 281 g/mol. The second-order valence-corrected chi connectivity index (χ2v) is 3.88. The molecular weight excluding hydrogens is 274 g/mol. The van der Waals surface area contributed by atoms with Gasteiger partial charge in [0.2, 0.25) is 0 Å². The molecule has 6 nitrogen and oxygen atoms in total. The maximum absolute atomic E-state index is 11.7. The summed E-state index contributed by atoms with van der Waals surface area (Å²) in [6.07, 6.45) is 6.03. The second kappa shape index (κ2) is 4.40. The fourth-order valence-corrected chi connectivity index (χ4v) is 1.34. The van der Waals surface area contributed by atoms with E-state index in [2.05, 4.69) is 36.2 Å². The van der Waals surface area contributed by atoms with Crippen molar-refractivity contribution in [1.82, 2.24) is 19.5 Å². The molecular formula is C9H8BrN5O. The maximum Gasteiger partial charge on any atom is 0.275 e. The standard InChI is InChI=1S/C9H8BrN5O/c1-15-5-11-2-6(15)9(16)14-8-4-12-7(10)3-13-8/h2-5H,1H3,(H,13,14,16). The van der Waals surface area contributed by atoms with Crippen molar-refractivity contribution < 1.29 is 4.79 Å². The minimum atomic E-state index is -0.267. The average molecular weight is 282 g/mol. The summed E-state index contributed by atoms with van der Waals surface area (Å²) in [5.41, 5.74) is 0.463. The second-order valence-electron chi connectivity index (χ2n) is 3.07. The van der Waals surface area contributed by atoms with Gasteiger partial charge in [-0.25, -0.2) is 15.0 Å². The molecule has 0 aliphatic rings. The summed E-state index contributed by atoms with van der Waals surface area (Å²) in [7, 11) is 1.75. The molecule has 0 saturated heterocycles. The van der Waals surface area contributed by atoms with Gasteiger partial charge in [-0.1, -0.05) is 0 Å². The number of rotatable bonds is 2. The van der Waals surface area contributed by atoms with Gasteiger partial charge in [-0.2, -0.15) is 0 Å². The van der Waals surface area contributed by atoms with Crippen LogP contribution in [0.4, 0.5) is 5.82 Å². The smallest absolute Gasteiger partial charge is 0.275 e. The molecule has 0 bridgehead atoms. The van der Waals surface area contributed by atoms with Crippen LogP contribution in [0.25, 0.3) is 0 Å². The quantitative estimate of drug-likeness (QED) is 0.899. The zero-order valence-electron chi connectivity index (χ0n) is 8.38. The zero-order valence-corrected chi connectivity index (χ0v) is 9.97. The van der Waals surface area contributed by atoms with Gasteiger partial charge in [-0.05, 0) is 15.9 Å². The lowest BCUT2D eigenvalue weighted by molar-refractivity contribution is 0.101. The molecule has 0 aliphatic carbocycles. The number of nitrogens with zero attached hydrogens (tertiary/aromatic N) is 4. The molecule has 16 heavy (non-hydrogen) atoms. The lowest BCUT2D eigenvalue weighted by Crippen LogP contribution is -2.16. The molecule has 0 saturated carbocycles. The van der Waals surface area contributed by atoms with Gasteiger partial charge in [0.15, 0.2) is 5.82 Å². The minimum Gasteiger partial charge on any atom is -0.330 e. The lowest BCUT2D eigenvalue weighted by atomic mass is 10.4. The Morgan fingerprint density at radius 3 is 2.75 bits per heavy atom. The van der Waals surface area contributed by atoms with Crippen molar-refractivity contribution in [3.8, 4) is 0 Å². The predicted octanol–water partition coefficient (Wildman–Crippen LogP) is 1.22. The Kier molecular flexibility index (Phi) is 2.95. The molecule has 1 amide bonds. The fourth-order valence-electron chi connectivity index (χ4n) is 1.13. The maximum atomic E-state index is 11.7. The van der Waals surface area contributed by atoms with Gasteiger partial charge in [0.25, 0.3) is 5.91 Å². The molecule has 1 N–H and O–H groups in total. The lowest BCUT2D eigenvalue weighted by Gasteiger charge is -2.03. The summed E-state index contributed by atoms with van der Waals surface area (Å²) in [5, 5.41) is 2.62. The molecule has 0 aliphatic heterocycles. The first kappa shape index (κ1) is 10.7. The summed E-state index contributed by atoms with van der Waals surface area (Å²) in [6, 6.07) is 0. The topological polar surface area (TPSA) is 72.7 Å². The number of carbonyl (C=O) groups is 1. The number of aryl methyl sites for hydroxylation is 1. The van der Waals surface area contributed by atoms with Crippen molar-refractivity contribution in [2.45, 2.75) is 0 Å². The molecule has 7 heteroatoms. The van der Waals surface area contributed by atoms with Crippen molar-refractivity contribution >= 4 is 27.7 Å². The number of hydrogen-bond donors (Lipinski definition) is 1. The number of hydrogen-bond acceptors (Lipinski definition) is 4. The van der Waals surface area contributed by atoms with E-state index in [1.807, 2.05) is 0 Å². The Hall–Kier alpha value is -1.76. The van der Waals surface area contributed by atoms with E-state index in [1.54, 1.807) is 17.9 Å². The van der Waals surface area contributed by atoms with Crippen LogP contribution in [0.1, 0.15) is 10.5 Å². The van der Waals surface area contributed by atoms with Gasteiger partial charge in [-0.15, -0.1) is 0 Å². The summed E-state index contributed by atoms with van der Waals surface area (Å²) < 4.78 is 2.24. The van der Waals surface area contributed by atoms with Gasteiger partial charge in [0.05, 0.1) is 24.9 Å². The Morgan fingerprint density at radius 1 is 1.38 bits per heavy atom. The van der Waals surface area contributed by atoms with Crippen LogP contribution in [0, 0.1) is 0 Å². The number of carbonyl (C=O) groups excluding carboxylic acids is 1. The van der Waals surface area contributed by atoms with E-state index in [1.165, 1.54) is 18.6 Å². The molecule has 0 radical (unpaired) electrons. The highest BCUT2D eigenvalue weighted by molar-refractivity contribution is 9.10. The average Bonchev–Trinajstić information content (AvgIpc) is 2.68. The van der Waals surface area contributed by atoms with Crippen LogP contribution in [0.5, 0.6) is 0 Å². The molecule has 2 rings (SSSR count). The summed E-state index contributed by atoms with van der Waals surface area (Å²) >= 11 is 3.16. The first-order valence-electron chi connectivity index (χ1n) is 4.42. The van der Waals surface area contributed by atoms with E-state index >= 15 is 0 Å². The zero-order chi connectivity index (χ0) is 11.5. The van der Waals surface area contributed by atoms with Gasteiger partial charge >= 0.3 is 0 Å². The van der Waals surface area contributed by atoms with Crippen LogP contribution >= 0.6 is 15.9 Å². The molecule has 0 atom stereocenters. The molecule has 2 heterocycles. The SMILES string of the molecule is Cn1cncc1C(=O)Nc1cnc(Br)cn1. The van der Waals surface area contributed by atoms with Gasteiger partial charge < -0.3 is 9.88 Å². The fraction of sp³-hybridized carbons (Fsp3) is 0.111. The Labute approximate surface area is 99.9 Å². The Balaban J connectivity index is 2.14. The first-order chi connectivity index (χ1) is 7.66. The molecule has 0 fully saturated rings. The van der Waals surface area contributed by atoms with Crippen LogP contribution < -0.4 is 5.32 Å². The molecule has 2 aromatic heterocycles. The molecule has 2 aromatic rings. The normalized spacial score (nSPS) is 10.1. The Morgan fingerprint density at radius 2 is 2.19 bits per heavy atom. The number of aromatic nitrogens is 4. The highest BCUT2D eigenvalue weighted by atomic mass is 79.9. The van der Waals surface area contributed by atoms with Crippen molar-refractivity contribution in [2.24, 2.45) is 7.05 Å². The van der Waals surface area contributed by atoms with Crippen molar-refractivity contribution in [3.05, 3.63) is 35.2 Å². The first-order valence-corrected chi connectivity index (χ1v) is 5.21. The number of anilines is 1. The third-order valence-corrected chi connectivity index (χ3v) is 2.32. The van der Waals surface area contributed by atoms with E-state index in [4.69, 9.17) is 0 Å². The van der Waals surface area contributed by atoms with Gasteiger partial charge in [-0.3, -0.25) is 4.79 Å². The summed E-state index contributed by atoms with van der Waals surface area (Å²) in [4.78, 5) is 23.5. The minimum absolute atomic E-state index is 0.267. The summed E-state index contributed by atoms with van der Waals surface area (Å²) in [5.74, 6) is 0.131. The van der Waals surface area contributed by atoms with Crippen molar-refractivity contribution in [2.75, 3.05) is 5.32 Å². The van der Waals surface area contributed by atoms with Crippen LogP contribution in [0.2, 0.25) is 0 Å². The van der Waals surface area contributed by atoms with Gasteiger partial charge in [0.1, 0.15) is 10.3 Å². The van der Waals surface area contributed by atoms with E-state index in [0.717, 1.165) is 0 Å². The van der Waals surface area contributed by atoms with E-state index in [-0.39, 0.29) is 5.91 Å². The third kappa shape index (κ3) is 2.25. The van der Waals surface area contributed by atoms with E-state index in [9.17, 15) is 4.79 Å². The molecule has 0 aromatic carbocycles. The largest absolute Gasteiger partial charge is 0.330 e. The number of halogens is 1. The Bertz CT molecular complexity index is 507. The van der Waals surface area contributed by atoms with Gasteiger partial charge in [0, 0.05) is 7.05 Å². The predicted molar refractivity (Wildman–Crippen MR) is 60.9 cm³/mol. The van der Waals surface area contributed by atoms with Crippen LogP contribution in [-0.4, -0.2) is 25.4 Å². The van der Waals surface area contributed by atoms with Crippen LogP contribution in [0.15, 0.2) is 29.5 Å². The number of imidazole rings is 1. The number of nitrogens with one attached hydrogen (secondary N) is 1. The highest BCUT2D eigenvalue weighted by Crippen LogP contribution is 2.07. The highest BCUT2D eigenvalue weighted by Gasteiger charge is 2.10. The van der Waals surface area contributed by atoms with E-state index in [0.29, 0.717) is 16.1 Å². The summed E-state index contributed by atoms with van der Waals surface area (Å²) in [6.45, 7) is 0. The molecule has 0 unspecified atom stereocenters. The van der Waals surface area contributed by atoms with Crippen LogP contribution in [0.3, 0.4) is 0 Å². The molecule has 0 spiro atoms. The van der Waals surface area contributed by atoms with Crippen molar-refractivity contribution in [3.63, 3.8) is 0 Å². The van der Waals surface area contributed by atoms with E-state index < -0.39 is 0 Å². The third-order valence-electron chi connectivity index (χ3n) is 1.91. The van der Waals surface area contributed by atoms with Crippen LogP contribution in [-0.2, 0) is 7.05 Å². The molecule has 82 valence electrons.